The third kappa shape index (κ3) is 8.82. The van der Waals surface area contributed by atoms with E-state index in [9.17, 15) is 4.21 Å². The van der Waals surface area contributed by atoms with E-state index in [4.69, 9.17) is 4.55 Å². The van der Waals surface area contributed by atoms with Gasteiger partial charge in [-0.05, 0) is 0 Å². The van der Waals surface area contributed by atoms with Gasteiger partial charge < -0.3 is 1.43 Å². The van der Waals surface area contributed by atoms with E-state index in [2.05, 4.69) is 4.18 Å². The normalized spacial score (nSPS) is 12.3. The van der Waals surface area contributed by atoms with E-state index in [0.29, 0.717) is 0 Å². The quantitative estimate of drug-likeness (QED) is 0.283. The smallest absolute Gasteiger partial charge is 1.00 e. The van der Waals surface area contributed by atoms with Crippen LogP contribution in [0.2, 0.25) is 0 Å². The molecule has 6 heavy (non-hydrogen) atoms. The summed E-state index contributed by atoms with van der Waals surface area (Å²) in [5.41, 5.74) is 0. The van der Waals surface area contributed by atoms with E-state index < -0.39 is 11.4 Å². The zero-order chi connectivity index (χ0) is 4.28. The van der Waals surface area contributed by atoms with Crippen molar-refractivity contribution in [2.24, 2.45) is 0 Å². The fourth-order valence-corrected chi connectivity index (χ4v) is 0. The van der Waals surface area contributed by atoms with Crippen LogP contribution in [0, 0.1) is 0 Å². The van der Waals surface area contributed by atoms with Crippen molar-refractivity contribution >= 4 is 11.4 Å². The number of rotatable bonds is 1. The van der Waals surface area contributed by atoms with Crippen molar-refractivity contribution in [2.75, 3.05) is 7.11 Å². The van der Waals surface area contributed by atoms with E-state index in [1.54, 1.807) is 0 Å². The zero-order valence-corrected chi connectivity index (χ0v) is 4.49. The van der Waals surface area contributed by atoms with Crippen molar-refractivity contribution in [3.63, 3.8) is 0 Å². The van der Waals surface area contributed by atoms with E-state index >= 15 is 0 Å². The van der Waals surface area contributed by atoms with Crippen LogP contribution >= 0.6 is 0 Å². The van der Waals surface area contributed by atoms with Gasteiger partial charge >= 0.3 is 30.2 Å². The molecule has 0 fully saturated rings. The largest absolute Gasteiger partial charge is 1.00 e. The summed E-state index contributed by atoms with van der Waals surface area (Å²) < 4.78 is 20.6. The van der Waals surface area contributed by atoms with Gasteiger partial charge in [-0.1, -0.05) is 0 Å². The van der Waals surface area contributed by atoms with Gasteiger partial charge in [0.2, 0.25) is 0 Å². The Morgan fingerprint density at radius 3 is 2.17 bits per heavy atom. The summed E-state index contributed by atoms with van der Waals surface area (Å²) in [5.74, 6) is 0. The molecule has 0 aromatic carbocycles. The standard InChI is InChI=1S/CH4O3S.Li.H/c1-4-5(2)3;;/h1H3,(H,2,3);;/q;+1;-1. The number of hydrogen-bond donors (Lipinski definition) is 1. The first-order valence-electron chi connectivity index (χ1n) is 0.924. The molecule has 0 bridgehead atoms. The molecule has 3 nitrogen and oxygen atoms in total. The molecule has 1 unspecified atom stereocenters. The summed E-state index contributed by atoms with van der Waals surface area (Å²) >= 11 is -2.07. The fourth-order valence-electron chi connectivity index (χ4n) is 0. The summed E-state index contributed by atoms with van der Waals surface area (Å²) in [6.07, 6.45) is 0. The molecule has 5 heteroatoms. The maximum Gasteiger partial charge on any atom is 1.00 e. The molecule has 0 saturated heterocycles. The van der Waals surface area contributed by atoms with Crippen LogP contribution in [-0.4, -0.2) is 15.9 Å². The minimum absolute atomic E-state index is 0. The minimum atomic E-state index is -2.07. The number of hydrogen-bond acceptors (Lipinski definition) is 2. The minimum Gasteiger partial charge on any atom is -1.00 e. The Hall–Kier alpha value is 0.667. The van der Waals surface area contributed by atoms with Crippen LogP contribution in [-0.2, 0) is 15.5 Å². The first kappa shape index (κ1) is 9.83. The SMILES string of the molecule is COS(=O)O.[H-].[Li+]. The second-order valence-electron chi connectivity index (χ2n) is 0.384. The zero-order valence-electron chi connectivity index (χ0n) is 4.67. The van der Waals surface area contributed by atoms with Gasteiger partial charge in [0.05, 0.1) is 7.11 Å². The molecule has 0 amide bonds. The molecule has 0 aliphatic carbocycles. The van der Waals surface area contributed by atoms with E-state index in [1.807, 2.05) is 0 Å². The van der Waals surface area contributed by atoms with Crippen molar-refractivity contribution in [2.45, 2.75) is 0 Å². The second kappa shape index (κ2) is 5.67. The summed E-state index contributed by atoms with van der Waals surface area (Å²) in [6, 6.07) is 0. The molecule has 0 aromatic heterocycles. The van der Waals surface area contributed by atoms with Crippen molar-refractivity contribution < 1.29 is 33.2 Å². The van der Waals surface area contributed by atoms with Crippen LogP contribution in [0.25, 0.3) is 0 Å². The molecule has 0 aliphatic rings. The summed E-state index contributed by atoms with van der Waals surface area (Å²) in [4.78, 5) is 0. The van der Waals surface area contributed by atoms with Crippen LogP contribution in [0.5, 0.6) is 0 Å². The molecule has 0 radical (unpaired) electrons. The van der Waals surface area contributed by atoms with Gasteiger partial charge in [0.15, 0.2) is 0 Å². The predicted octanol–water partition coefficient (Wildman–Crippen LogP) is -3.11. The maximum absolute atomic E-state index is 9.26. The van der Waals surface area contributed by atoms with Crippen molar-refractivity contribution in [1.82, 2.24) is 0 Å². The van der Waals surface area contributed by atoms with Crippen LogP contribution in [0.15, 0.2) is 0 Å². The second-order valence-corrected chi connectivity index (χ2v) is 1.15. The maximum atomic E-state index is 9.26. The molecule has 0 rings (SSSR count). The van der Waals surface area contributed by atoms with Gasteiger partial charge in [0.25, 0.3) is 0 Å². The van der Waals surface area contributed by atoms with Gasteiger partial charge in [-0.15, -0.1) is 0 Å². The first-order valence-corrected chi connectivity index (χ1v) is 1.96. The Balaban J connectivity index is -0.0000000800. The third-order valence-corrected chi connectivity index (χ3v) is 0.428. The van der Waals surface area contributed by atoms with E-state index in [1.165, 1.54) is 0 Å². The third-order valence-electron chi connectivity index (χ3n) is 0.143. The Morgan fingerprint density at radius 2 is 2.17 bits per heavy atom. The summed E-state index contributed by atoms with van der Waals surface area (Å²) in [5, 5.41) is 0. The van der Waals surface area contributed by atoms with Crippen LogP contribution in [0.1, 0.15) is 1.43 Å². The summed E-state index contributed by atoms with van der Waals surface area (Å²) in [7, 11) is 1.15. The Labute approximate surface area is 52.2 Å². The Kier molecular flexibility index (Phi) is 9.29. The average molecular weight is 104 g/mol. The van der Waals surface area contributed by atoms with Crippen molar-refractivity contribution in [1.29, 1.82) is 0 Å². The fraction of sp³-hybridized carbons (Fsp3) is 1.00. The molecule has 34 valence electrons. The Bertz CT molecular complexity index is 50.2. The van der Waals surface area contributed by atoms with Gasteiger partial charge in [-0.25, -0.2) is 0 Å². The molecule has 1 N–H and O–H groups in total. The van der Waals surface area contributed by atoms with Gasteiger partial charge in [-0.2, -0.15) is 4.21 Å². The average Bonchev–Trinajstić information content (AvgIpc) is 1.38. The van der Waals surface area contributed by atoms with Crippen molar-refractivity contribution in [3.8, 4) is 0 Å². The van der Waals surface area contributed by atoms with E-state index in [0.717, 1.165) is 7.11 Å². The first-order chi connectivity index (χ1) is 2.27. The van der Waals surface area contributed by atoms with Crippen molar-refractivity contribution in [3.05, 3.63) is 0 Å². The van der Waals surface area contributed by atoms with Gasteiger partial charge in [0, 0.05) is 0 Å². The molecule has 0 aliphatic heterocycles. The molecule has 0 heterocycles. The molecule has 0 aromatic rings. The molecule has 1 atom stereocenters. The summed E-state index contributed by atoms with van der Waals surface area (Å²) in [6.45, 7) is 0. The van der Waals surface area contributed by atoms with Gasteiger partial charge in [0.1, 0.15) is 0 Å². The molecular weight excluding hydrogens is 99.0 g/mol. The van der Waals surface area contributed by atoms with E-state index in [-0.39, 0.29) is 20.3 Å². The monoisotopic (exact) mass is 104 g/mol. The van der Waals surface area contributed by atoms with Crippen LogP contribution in [0.4, 0.5) is 0 Å². The molecule has 0 spiro atoms. The topological polar surface area (TPSA) is 46.5 Å². The van der Waals surface area contributed by atoms with Gasteiger partial charge in [-0.3, -0.25) is 8.74 Å². The molecular formula is CH5LiO3S. The van der Waals surface area contributed by atoms with Crippen LogP contribution < -0.4 is 18.9 Å². The van der Waals surface area contributed by atoms with Crippen LogP contribution in [0.3, 0.4) is 0 Å². The Morgan fingerprint density at radius 1 is 2.00 bits per heavy atom. The molecule has 0 saturated carbocycles. The predicted molar refractivity (Wildman–Crippen MR) is 18.9 cm³/mol.